The molecular formula is C26H36N2O3. The maximum atomic E-state index is 9.09. The summed E-state index contributed by atoms with van der Waals surface area (Å²) in [4.78, 5) is 2.38. The largest absolute Gasteiger partial charge is 0.493 e. The number of methoxy groups -OCH3 is 2. The average molecular weight is 425 g/mol. The summed E-state index contributed by atoms with van der Waals surface area (Å²) in [6.45, 7) is 6.41. The van der Waals surface area contributed by atoms with Crippen LogP contribution in [0.25, 0.3) is 0 Å². The van der Waals surface area contributed by atoms with Gasteiger partial charge in [-0.25, -0.2) is 0 Å². The van der Waals surface area contributed by atoms with Gasteiger partial charge in [0.25, 0.3) is 0 Å². The Hall–Kier alpha value is -2.71. The van der Waals surface area contributed by atoms with Gasteiger partial charge >= 0.3 is 0 Å². The molecule has 0 aliphatic carbocycles. The lowest BCUT2D eigenvalue weighted by Crippen LogP contribution is -2.27. The summed E-state index contributed by atoms with van der Waals surface area (Å²) in [5.41, 5.74) is 2.23. The highest BCUT2D eigenvalue weighted by Crippen LogP contribution is 2.40. The van der Waals surface area contributed by atoms with Crippen molar-refractivity contribution in [1.29, 1.82) is 5.26 Å². The first-order valence-corrected chi connectivity index (χ1v) is 11.0. The predicted octanol–water partition coefficient (Wildman–Crippen LogP) is 5.13. The third kappa shape index (κ3) is 7.80. The smallest absolute Gasteiger partial charge is 0.203 e. The number of nitriles is 1. The van der Waals surface area contributed by atoms with Gasteiger partial charge in [-0.2, -0.15) is 5.26 Å². The van der Waals surface area contributed by atoms with Crippen molar-refractivity contribution in [3.05, 3.63) is 53.6 Å². The lowest BCUT2D eigenvalue weighted by molar-refractivity contribution is 0.129. The molecule has 1 atom stereocenters. The standard InChI is InChI=1S/C26H36N2O3/c1-20(2)23(12-9-16-28(3)17-14-21-10-7-6-8-11-21)31-25-19-22(13-15-27)18-24(29-4)26(25)30-5/h6-8,10-11,18-20,23H,9,12-14,16-17H2,1-5H3. The summed E-state index contributed by atoms with van der Waals surface area (Å²) in [6, 6.07) is 16.5. The third-order valence-electron chi connectivity index (χ3n) is 5.46. The number of likely N-dealkylation sites (N-methyl/N-ethyl adjacent to an activating group) is 1. The average Bonchev–Trinajstić information content (AvgIpc) is 2.77. The van der Waals surface area contributed by atoms with Crippen LogP contribution < -0.4 is 14.2 Å². The fraction of sp³-hybridized carbons (Fsp3) is 0.500. The Morgan fingerprint density at radius 2 is 1.68 bits per heavy atom. The molecule has 31 heavy (non-hydrogen) atoms. The topological polar surface area (TPSA) is 54.7 Å². The Balaban J connectivity index is 1.96. The van der Waals surface area contributed by atoms with E-state index in [-0.39, 0.29) is 6.10 Å². The van der Waals surface area contributed by atoms with Crippen molar-refractivity contribution in [2.24, 2.45) is 5.92 Å². The molecule has 2 rings (SSSR count). The van der Waals surface area contributed by atoms with Crippen LogP contribution in [0.1, 0.15) is 37.8 Å². The third-order valence-corrected chi connectivity index (χ3v) is 5.46. The Morgan fingerprint density at radius 1 is 0.968 bits per heavy atom. The molecule has 0 aliphatic heterocycles. The van der Waals surface area contributed by atoms with E-state index in [0.717, 1.165) is 37.9 Å². The molecule has 0 aromatic heterocycles. The summed E-state index contributed by atoms with van der Waals surface area (Å²) < 4.78 is 17.4. The summed E-state index contributed by atoms with van der Waals surface area (Å²) in [5.74, 6) is 2.16. The Bertz CT molecular complexity index is 831. The van der Waals surface area contributed by atoms with Gasteiger partial charge < -0.3 is 19.1 Å². The number of rotatable bonds is 13. The molecule has 0 bridgehead atoms. The normalized spacial score (nSPS) is 11.9. The van der Waals surface area contributed by atoms with Crippen molar-refractivity contribution >= 4 is 0 Å². The van der Waals surface area contributed by atoms with Crippen molar-refractivity contribution in [2.45, 2.75) is 45.6 Å². The van der Waals surface area contributed by atoms with E-state index in [9.17, 15) is 0 Å². The quantitative estimate of drug-likeness (QED) is 0.446. The van der Waals surface area contributed by atoms with Gasteiger partial charge in [0.2, 0.25) is 5.75 Å². The highest BCUT2D eigenvalue weighted by Gasteiger charge is 2.21. The van der Waals surface area contributed by atoms with E-state index in [2.05, 4.69) is 62.2 Å². The second kappa shape index (κ2) is 12.9. The zero-order valence-electron chi connectivity index (χ0n) is 19.6. The highest BCUT2D eigenvalue weighted by atomic mass is 16.5. The zero-order chi connectivity index (χ0) is 22.6. The van der Waals surface area contributed by atoms with Crippen LogP contribution in [0.4, 0.5) is 0 Å². The van der Waals surface area contributed by atoms with E-state index in [4.69, 9.17) is 19.5 Å². The molecule has 0 saturated heterocycles. The molecule has 0 N–H and O–H groups in total. The summed E-state index contributed by atoms with van der Waals surface area (Å²) in [7, 11) is 5.39. The lowest BCUT2D eigenvalue weighted by atomic mass is 10.0. The highest BCUT2D eigenvalue weighted by molar-refractivity contribution is 5.54. The predicted molar refractivity (Wildman–Crippen MR) is 125 cm³/mol. The van der Waals surface area contributed by atoms with Crippen molar-refractivity contribution in [3.8, 4) is 23.3 Å². The molecule has 5 heteroatoms. The monoisotopic (exact) mass is 424 g/mol. The van der Waals surface area contributed by atoms with Crippen molar-refractivity contribution in [1.82, 2.24) is 4.90 Å². The van der Waals surface area contributed by atoms with Crippen LogP contribution in [0, 0.1) is 17.2 Å². The minimum absolute atomic E-state index is 0.0541. The summed E-state index contributed by atoms with van der Waals surface area (Å²) in [6.07, 6.45) is 3.41. The van der Waals surface area contributed by atoms with E-state index in [1.807, 2.05) is 12.1 Å². The first kappa shape index (κ1) is 24.6. The van der Waals surface area contributed by atoms with Crippen LogP contribution in [-0.2, 0) is 12.8 Å². The van der Waals surface area contributed by atoms with E-state index in [0.29, 0.717) is 29.6 Å². The van der Waals surface area contributed by atoms with Gasteiger partial charge in [0, 0.05) is 6.54 Å². The number of ether oxygens (including phenoxy) is 3. The Morgan fingerprint density at radius 3 is 2.29 bits per heavy atom. The molecule has 0 aliphatic rings. The van der Waals surface area contributed by atoms with Gasteiger partial charge in [0.05, 0.1) is 26.7 Å². The van der Waals surface area contributed by atoms with Gasteiger partial charge in [-0.1, -0.05) is 44.2 Å². The van der Waals surface area contributed by atoms with E-state index < -0.39 is 0 Å². The molecule has 0 spiro atoms. The minimum atomic E-state index is 0.0541. The van der Waals surface area contributed by atoms with Crippen LogP contribution in [0.5, 0.6) is 17.2 Å². The fourth-order valence-electron chi connectivity index (χ4n) is 3.59. The molecule has 0 radical (unpaired) electrons. The van der Waals surface area contributed by atoms with Gasteiger partial charge in [-0.3, -0.25) is 0 Å². The summed E-state index contributed by atoms with van der Waals surface area (Å²) in [5, 5.41) is 9.09. The maximum absolute atomic E-state index is 9.09. The number of hydrogen-bond donors (Lipinski definition) is 0. The molecule has 0 heterocycles. The number of benzene rings is 2. The van der Waals surface area contributed by atoms with Gasteiger partial charge in [0.1, 0.15) is 6.10 Å². The molecule has 5 nitrogen and oxygen atoms in total. The van der Waals surface area contributed by atoms with Crippen LogP contribution in [0.3, 0.4) is 0 Å². The van der Waals surface area contributed by atoms with E-state index >= 15 is 0 Å². The van der Waals surface area contributed by atoms with Crippen LogP contribution in [0.15, 0.2) is 42.5 Å². The molecule has 0 fully saturated rings. The lowest BCUT2D eigenvalue weighted by Gasteiger charge is -2.26. The first-order valence-electron chi connectivity index (χ1n) is 11.0. The van der Waals surface area contributed by atoms with Crippen LogP contribution in [0.2, 0.25) is 0 Å². The maximum Gasteiger partial charge on any atom is 0.203 e. The van der Waals surface area contributed by atoms with Gasteiger partial charge in [-0.05, 0) is 62.0 Å². The molecule has 2 aromatic rings. The Labute approximate surface area is 187 Å². The second-order valence-electron chi connectivity index (χ2n) is 8.25. The number of nitrogens with zero attached hydrogens (tertiary/aromatic N) is 2. The fourth-order valence-corrected chi connectivity index (χ4v) is 3.59. The van der Waals surface area contributed by atoms with Gasteiger partial charge in [-0.15, -0.1) is 0 Å². The van der Waals surface area contributed by atoms with Crippen molar-refractivity contribution < 1.29 is 14.2 Å². The van der Waals surface area contributed by atoms with Crippen molar-refractivity contribution in [2.75, 3.05) is 34.4 Å². The molecule has 2 aromatic carbocycles. The second-order valence-corrected chi connectivity index (χ2v) is 8.25. The minimum Gasteiger partial charge on any atom is -0.493 e. The SMILES string of the molecule is COc1cc(CC#N)cc(OC(CCCN(C)CCc2ccccc2)C(C)C)c1OC. The summed E-state index contributed by atoms with van der Waals surface area (Å²) >= 11 is 0. The number of hydrogen-bond acceptors (Lipinski definition) is 5. The molecule has 0 amide bonds. The molecule has 0 saturated carbocycles. The van der Waals surface area contributed by atoms with E-state index in [1.54, 1.807) is 14.2 Å². The van der Waals surface area contributed by atoms with Crippen molar-refractivity contribution in [3.63, 3.8) is 0 Å². The van der Waals surface area contributed by atoms with Crippen LogP contribution >= 0.6 is 0 Å². The van der Waals surface area contributed by atoms with E-state index in [1.165, 1.54) is 5.56 Å². The van der Waals surface area contributed by atoms with Gasteiger partial charge in [0.15, 0.2) is 11.5 Å². The van der Waals surface area contributed by atoms with Crippen LogP contribution in [-0.4, -0.2) is 45.4 Å². The Kier molecular flexibility index (Phi) is 10.2. The molecular weight excluding hydrogens is 388 g/mol. The zero-order valence-corrected chi connectivity index (χ0v) is 19.6. The first-order chi connectivity index (χ1) is 15.0. The molecule has 1 unspecified atom stereocenters. The molecule has 168 valence electrons.